The highest BCUT2D eigenvalue weighted by Gasteiger charge is 2.23. The van der Waals surface area contributed by atoms with Crippen molar-refractivity contribution in [3.8, 4) is 11.5 Å². The van der Waals surface area contributed by atoms with Gasteiger partial charge in [0.15, 0.2) is 11.5 Å². The molecule has 132 valence electrons. The summed E-state index contributed by atoms with van der Waals surface area (Å²) in [7, 11) is 0. The van der Waals surface area contributed by atoms with E-state index in [0.29, 0.717) is 29.7 Å². The second-order valence-corrected chi connectivity index (χ2v) is 6.66. The molecule has 1 amide bonds. The summed E-state index contributed by atoms with van der Waals surface area (Å²) in [6.07, 6.45) is 0. The molecule has 25 heavy (non-hydrogen) atoms. The van der Waals surface area contributed by atoms with E-state index in [4.69, 9.17) is 21.1 Å². The summed E-state index contributed by atoms with van der Waals surface area (Å²) in [5, 5.41) is 3.20. The number of nitrogens with one attached hydrogen (secondary N) is 1. The Bertz CT molecular complexity index is 794. The van der Waals surface area contributed by atoms with Crippen LogP contribution in [0, 0.1) is 11.7 Å². The first-order chi connectivity index (χ1) is 12.0. The number of benzene rings is 2. The molecule has 2 aromatic rings. The summed E-state index contributed by atoms with van der Waals surface area (Å²) >= 11 is 5.88. The van der Waals surface area contributed by atoms with Crippen molar-refractivity contribution in [2.24, 2.45) is 5.92 Å². The average Bonchev–Trinajstić information content (AvgIpc) is 2.60. The molecule has 0 spiro atoms. The lowest BCUT2D eigenvalue weighted by atomic mass is 9.95. The van der Waals surface area contributed by atoms with Crippen molar-refractivity contribution in [3.63, 3.8) is 0 Å². The van der Waals surface area contributed by atoms with Crippen LogP contribution in [0.2, 0.25) is 5.02 Å². The number of ether oxygens (including phenoxy) is 2. The SMILES string of the molecule is CC(C)C(NC(=O)c1cc(Cl)ccc1F)c1ccc2c(c1)OCCO2. The Hall–Kier alpha value is -2.27. The number of carbonyl (C=O) groups is 1. The number of fused-ring (bicyclic) bond motifs is 1. The van der Waals surface area contributed by atoms with Crippen LogP contribution in [0.15, 0.2) is 36.4 Å². The zero-order chi connectivity index (χ0) is 18.0. The number of hydrogen-bond donors (Lipinski definition) is 1. The Balaban J connectivity index is 1.86. The number of carbonyl (C=O) groups excluding carboxylic acids is 1. The Kier molecular flexibility index (Phi) is 5.13. The van der Waals surface area contributed by atoms with Crippen LogP contribution in [0.1, 0.15) is 35.8 Å². The first-order valence-corrected chi connectivity index (χ1v) is 8.49. The number of halogens is 2. The quantitative estimate of drug-likeness (QED) is 0.877. The van der Waals surface area contributed by atoms with Crippen molar-refractivity contribution in [3.05, 3.63) is 58.4 Å². The maximum atomic E-state index is 13.9. The van der Waals surface area contributed by atoms with Gasteiger partial charge in [-0.3, -0.25) is 4.79 Å². The molecule has 0 saturated heterocycles. The van der Waals surface area contributed by atoms with E-state index in [2.05, 4.69) is 5.32 Å². The van der Waals surface area contributed by atoms with Gasteiger partial charge in [-0.15, -0.1) is 0 Å². The molecule has 1 heterocycles. The first kappa shape index (κ1) is 17.5. The summed E-state index contributed by atoms with van der Waals surface area (Å²) < 4.78 is 25.1. The maximum absolute atomic E-state index is 13.9. The van der Waals surface area contributed by atoms with Crippen LogP contribution in [0.4, 0.5) is 4.39 Å². The molecule has 3 rings (SSSR count). The van der Waals surface area contributed by atoms with E-state index in [1.165, 1.54) is 18.2 Å². The molecule has 6 heteroatoms. The fraction of sp³-hybridized carbons (Fsp3) is 0.316. The third-order valence-electron chi connectivity index (χ3n) is 4.05. The maximum Gasteiger partial charge on any atom is 0.254 e. The van der Waals surface area contributed by atoms with E-state index < -0.39 is 11.7 Å². The molecule has 1 unspecified atom stereocenters. The van der Waals surface area contributed by atoms with Crippen molar-refractivity contribution < 1.29 is 18.7 Å². The van der Waals surface area contributed by atoms with Crippen LogP contribution in [-0.2, 0) is 0 Å². The van der Waals surface area contributed by atoms with Gasteiger partial charge in [0.25, 0.3) is 5.91 Å². The fourth-order valence-electron chi connectivity index (χ4n) is 2.78. The number of hydrogen-bond acceptors (Lipinski definition) is 3. The summed E-state index contributed by atoms with van der Waals surface area (Å²) in [5.41, 5.74) is 0.797. The number of rotatable bonds is 4. The molecular weight excluding hydrogens is 345 g/mol. The van der Waals surface area contributed by atoms with E-state index in [1.807, 2.05) is 32.0 Å². The monoisotopic (exact) mass is 363 g/mol. The summed E-state index contributed by atoms with van der Waals surface area (Å²) in [6, 6.07) is 9.18. The van der Waals surface area contributed by atoms with Crippen LogP contribution in [0.25, 0.3) is 0 Å². The van der Waals surface area contributed by atoms with Crippen molar-refractivity contribution >= 4 is 17.5 Å². The highest BCUT2D eigenvalue weighted by molar-refractivity contribution is 6.31. The minimum atomic E-state index is -0.605. The van der Waals surface area contributed by atoms with Crippen LogP contribution in [0.3, 0.4) is 0 Å². The van der Waals surface area contributed by atoms with Gasteiger partial charge in [-0.05, 0) is 41.8 Å². The van der Waals surface area contributed by atoms with E-state index in [-0.39, 0.29) is 17.5 Å². The molecule has 1 N–H and O–H groups in total. The lowest BCUT2D eigenvalue weighted by molar-refractivity contribution is 0.0921. The highest BCUT2D eigenvalue weighted by atomic mass is 35.5. The minimum Gasteiger partial charge on any atom is -0.486 e. The zero-order valence-corrected chi connectivity index (χ0v) is 14.8. The smallest absolute Gasteiger partial charge is 0.254 e. The molecular formula is C19H19ClFNO3. The molecule has 0 radical (unpaired) electrons. The van der Waals surface area contributed by atoms with Gasteiger partial charge >= 0.3 is 0 Å². The largest absolute Gasteiger partial charge is 0.486 e. The fourth-order valence-corrected chi connectivity index (χ4v) is 2.95. The third kappa shape index (κ3) is 3.87. The van der Waals surface area contributed by atoms with Crippen molar-refractivity contribution in [2.75, 3.05) is 13.2 Å². The lowest BCUT2D eigenvalue weighted by Gasteiger charge is -2.25. The van der Waals surface area contributed by atoms with Gasteiger partial charge in [0.05, 0.1) is 11.6 Å². The average molecular weight is 364 g/mol. The molecule has 0 bridgehead atoms. The van der Waals surface area contributed by atoms with Crippen molar-refractivity contribution in [2.45, 2.75) is 19.9 Å². The minimum absolute atomic E-state index is 0.0734. The second-order valence-electron chi connectivity index (χ2n) is 6.22. The molecule has 1 aliphatic rings. The van der Waals surface area contributed by atoms with E-state index in [0.717, 1.165) is 5.56 Å². The molecule has 2 aromatic carbocycles. The summed E-state index contributed by atoms with van der Waals surface area (Å²) in [6.45, 7) is 4.97. The summed E-state index contributed by atoms with van der Waals surface area (Å²) in [4.78, 5) is 12.5. The van der Waals surface area contributed by atoms with Crippen LogP contribution in [-0.4, -0.2) is 19.1 Å². The first-order valence-electron chi connectivity index (χ1n) is 8.11. The topological polar surface area (TPSA) is 47.6 Å². The molecule has 1 atom stereocenters. The van der Waals surface area contributed by atoms with Gasteiger partial charge in [-0.2, -0.15) is 0 Å². The standard InChI is InChI=1S/C19H19ClFNO3/c1-11(2)18(12-3-6-16-17(9-12)25-8-7-24-16)22-19(23)14-10-13(20)4-5-15(14)21/h3-6,9-11,18H,7-8H2,1-2H3,(H,22,23). The number of amides is 1. The van der Waals surface area contributed by atoms with E-state index in [1.54, 1.807) is 0 Å². The van der Waals surface area contributed by atoms with Gasteiger partial charge in [0, 0.05) is 5.02 Å². The zero-order valence-electron chi connectivity index (χ0n) is 14.0. The van der Waals surface area contributed by atoms with E-state index >= 15 is 0 Å². The van der Waals surface area contributed by atoms with Gasteiger partial charge in [-0.1, -0.05) is 31.5 Å². The van der Waals surface area contributed by atoms with E-state index in [9.17, 15) is 9.18 Å². The lowest BCUT2D eigenvalue weighted by Crippen LogP contribution is -2.32. The Morgan fingerprint density at radius 3 is 2.56 bits per heavy atom. The third-order valence-corrected chi connectivity index (χ3v) is 4.29. The van der Waals surface area contributed by atoms with Gasteiger partial charge in [-0.25, -0.2) is 4.39 Å². The van der Waals surface area contributed by atoms with Gasteiger partial charge in [0.1, 0.15) is 19.0 Å². The molecule has 1 aliphatic heterocycles. The highest BCUT2D eigenvalue weighted by Crippen LogP contribution is 2.34. The Labute approximate surface area is 150 Å². The van der Waals surface area contributed by atoms with Crippen molar-refractivity contribution in [1.82, 2.24) is 5.32 Å². The predicted octanol–water partition coefficient (Wildman–Crippen LogP) is 4.38. The van der Waals surface area contributed by atoms with Crippen molar-refractivity contribution in [1.29, 1.82) is 0 Å². The Morgan fingerprint density at radius 2 is 1.84 bits per heavy atom. The van der Waals surface area contributed by atoms with Crippen LogP contribution < -0.4 is 14.8 Å². The predicted molar refractivity (Wildman–Crippen MR) is 93.9 cm³/mol. The second kappa shape index (κ2) is 7.31. The molecule has 0 saturated carbocycles. The van der Waals surface area contributed by atoms with Gasteiger partial charge in [0.2, 0.25) is 0 Å². The normalized spacial score (nSPS) is 14.3. The summed E-state index contributed by atoms with van der Waals surface area (Å²) in [5.74, 6) is 0.316. The van der Waals surface area contributed by atoms with Crippen LogP contribution in [0.5, 0.6) is 11.5 Å². The Morgan fingerprint density at radius 1 is 1.12 bits per heavy atom. The van der Waals surface area contributed by atoms with Crippen LogP contribution >= 0.6 is 11.6 Å². The molecule has 4 nitrogen and oxygen atoms in total. The molecule has 0 aromatic heterocycles. The van der Waals surface area contributed by atoms with Gasteiger partial charge < -0.3 is 14.8 Å². The molecule has 0 fully saturated rings. The molecule has 0 aliphatic carbocycles.